The van der Waals surface area contributed by atoms with Crippen LogP contribution in [0, 0.1) is 0 Å². The molecule has 0 aromatic carbocycles. The van der Waals surface area contributed by atoms with Crippen molar-refractivity contribution in [1.82, 2.24) is 0 Å². The number of hydrogen-bond donors (Lipinski definition) is 1. The number of thiocarbonyl (C=S) groups is 1. The van der Waals surface area contributed by atoms with Gasteiger partial charge in [-0.1, -0.05) is 0 Å². The Morgan fingerprint density at radius 3 is 2.50 bits per heavy atom. The van der Waals surface area contributed by atoms with E-state index in [2.05, 4.69) is 21.7 Å². The first kappa shape index (κ1) is 9.32. The van der Waals surface area contributed by atoms with Gasteiger partial charge in [-0.3, -0.25) is 0 Å². The molecule has 10 heavy (non-hydrogen) atoms. The standard InChI is InChI=1S/C5H9NO3S/c1-3(6)4(7)9-5(10)8-2/h3H,6H2,1-2H3/t3-/m0/s1. The smallest absolute Gasteiger partial charge is 0.359 e. The maximum atomic E-state index is 10.6. The molecular formula is C5H9NO3S. The fourth-order valence-corrected chi connectivity index (χ4v) is 0.299. The molecule has 58 valence electrons. The van der Waals surface area contributed by atoms with Crippen molar-refractivity contribution in [2.24, 2.45) is 5.73 Å². The summed E-state index contributed by atoms with van der Waals surface area (Å²) in [4.78, 5) is 10.6. The van der Waals surface area contributed by atoms with Crippen molar-refractivity contribution < 1.29 is 14.3 Å². The normalized spacial score (nSPS) is 11.9. The molecule has 0 saturated heterocycles. The number of ether oxygens (including phenoxy) is 2. The van der Waals surface area contributed by atoms with E-state index in [9.17, 15) is 4.79 Å². The van der Waals surface area contributed by atoms with Gasteiger partial charge in [0.25, 0.3) is 0 Å². The fraction of sp³-hybridized carbons (Fsp3) is 0.600. The lowest BCUT2D eigenvalue weighted by Crippen LogP contribution is -2.30. The van der Waals surface area contributed by atoms with Gasteiger partial charge < -0.3 is 15.2 Å². The summed E-state index contributed by atoms with van der Waals surface area (Å²) < 4.78 is 8.81. The van der Waals surface area contributed by atoms with E-state index in [0.717, 1.165) is 0 Å². The number of hydrogen-bond acceptors (Lipinski definition) is 5. The Kier molecular flexibility index (Phi) is 3.90. The Hall–Kier alpha value is -0.680. The molecule has 0 fully saturated rings. The van der Waals surface area contributed by atoms with Crippen LogP contribution in [0.5, 0.6) is 0 Å². The molecule has 0 amide bonds. The third-order valence-corrected chi connectivity index (χ3v) is 0.972. The predicted molar refractivity (Wildman–Crippen MR) is 39.3 cm³/mol. The van der Waals surface area contributed by atoms with Crippen molar-refractivity contribution in [3.63, 3.8) is 0 Å². The van der Waals surface area contributed by atoms with Gasteiger partial charge in [0.2, 0.25) is 0 Å². The summed E-state index contributed by atoms with van der Waals surface area (Å²) in [7, 11) is 1.32. The number of esters is 1. The van der Waals surface area contributed by atoms with Crippen LogP contribution in [-0.4, -0.2) is 24.4 Å². The van der Waals surface area contributed by atoms with Crippen LogP contribution in [0.25, 0.3) is 0 Å². The summed E-state index contributed by atoms with van der Waals surface area (Å²) in [6, 6.07) is -0.673. The Bertz CT molecular complexity index is 146. The van der Waals surface area contributed by atoms with Crippen LogP contribution in [0.1, 0.15) is 6.92 Å². The van der Waals surface area contributed by atoms with Crippen LogP contribution < -0.4 is 5.73 Å². The van der Waals surface area contributed by atoms with Gasteiger partial charge in [0.05, 0.1) is 7.11 Å². The third-order valence-electron chi connectivity index (χ3n) is 0.722. The number of carbonyl (C=O) groups excluding carboxylic acids is 1. The van der Waals surface area contributed by atoms with Crippen molar-refractivity contribution in [3.05, 3.63) is 0 Å². The van der Waals surface area contributed by atoms with E-state index in [1.807, 2.05) is 0 Å². The van der Waals surface area contributed by atoms with Crippen LogP contribution in [-0.2, 0) is 14.3 Å². The molecule has 5 heteroatoms. The molecule has 0 spiro atoms. The average Bonchev–Trinajstić information content (AvgIpc) is 1.87. The topological polar surface area (TPSA) is 61.5 Å². The molecule has 0 aromatic rings. The number of nitrogens with two attached hydrogens (primary N) is 1. The van der Waals surface area contributed by atoms with Gasteiger partial charge >= 0.3 is 11.2 Å². The van der Waals surface area contributed by atoms with E-state index in [-0.39, 0.29) is 5.24 Å². The van der Waals surface area contributed by atoms with Crippen LogP contribution in [0.3, 0.4) is 0 Å². The van der Waals surface area contributed by atoms with Gasteiger partial charge in [0, 0.05) is 12.2 Å². The number of methoxy groups -OCH3 is 1. The van der Waals surface area contributed by atoms with Gasteiger partial charge in [-0.15, -0.1) is 0 Å². The highest BCUT2D eigenvalue weighted by molar-refractivity contribution is 7.79. The minimum Gasteiger partial charge on any atom is -0.460 e. The van der Waals surface area contributed by atoms with E-state index in [0.29, 0.717) is 0 Å². The molecule has 0 aliphatic heterocycles. The Morgan fingerprint density at radius 2 is 2.20 bits per heavy atom. The molecule has 1 atom stereocenters. The first-order chi connectivity index (χ1) is 4.57. The summed E-state index contributed by atoms with van der Waals surface area (Å²) in [6.07, 6.45) is 0. The summed E-state index contributed by atoms with van der Waals surface area (Å²) >= 11 is 4.43. The zero-order valence-corrected chi connectivity index (χ0v) is 6.60. The van der Waals surface area contributed by atoms with Crippen molar-refractivity contribution in [2.75, 3.05) is 7.11 Å². The highest BCUT2D eigenvalue weighted by atomic mass is 32.1. The summed E-state index contributed by atoms with van der Waals surface area (Å²) in [5.41, 5.74) is 5.15. The molecule has 0 rings (SSSR count). The SMILES string of the molecule is COC(=S)OC(=O)[C@H](C)N. The quantitative estimate of drug-likeness (QED) is 0.429. The second-order valence-corrected chi connectivity index (χ2v) is 2.00. The first-order valence-corrected chi connectivity index (χ1v) is 3.04. The predicted octanol–water partition coefficient (Wildman–Crippen LogP) is -0.192. The van der Waals surface area contributed by atoms with Crippen LogP contribution in [0.4, 0.5) is 0 Å². The van der Waals surface area contributed by atoms with E-state index in [1.165, 1.54) is 14.0 Å². The van der Waals surface area contributed by atoms with Crippen molar-refractivity contribution in [3.8, 4) is 0 Å². The minimum absolute atomic E-state index is 0.206. The molecule has 4 nitrogen and oxygen atoms in total. The molecule has 0 aromatic heterocycles. The highest BCUT2D eigenvalue weighted by Gasteiger charge is 2.11. The van der Waals surface area contributed by atoms with Crippen molar-refractivity contribution in [1.29, 1.82) is 0 Å². The van der Waals surface area contributed by atoms with E-state index in [1.54, 1.807) is 0 Å². The molecule has 0 saturated carbocycles. The van der Waals surface area contributed by atoms with Gasteiger partial charge in [0.1, 0.15) is 6.04 Å². The average molecular weight is 163 g/mol. The third kappa shape index (κ3) is 3.37. The van der Waals surface area contributed by atoms with E-state index >= 15 is 0 Å². The lowest BCUT2D eigenvalue weighted by Gasteiger charge is -2.04. The molecule has 0 unspecified atom stereocenters. The maximum absolute atomic E-state index is 10.6. The lowest BCUT2D eigenvalue weighted by atomic mass is 10.4. The summed E-state index contributed by atoms with van der Waals surface area (Å²) in [6.45, 7) is 1.50. The maximum Gasteiger partial charge on any atom is 0.359 e. The van der Waals surface area contributed by atoms with Crippen LogP contribution in [0.2, 0.25) is 0 Å². The van der Waals surface area contributed by atoms with Crippen molar-refractivity contribution >= 4 is 23.4 Å². The van der Waals surface area contributed by atoms with Crippen LogP contribution >= 0.6 is 12.2 Å². The molecule has 0 aliphatic rings. The highest BCUT2D eigenvalue weighted by Crippen LogP contribution is 1.87. The van der Waals surface area contributed by atoms with Crippen molar-refractivity contribution in [2.45, 2.75) is 13.0 Å². The fourth-order valence-electron chi connectivity index (χ4n) is 0.217. The lowest BCUT2D eigenvalue weighted by molar-refractivity contribution is -0.137. The molecule has 0 bridgehead atoms. The largest absolute Gasteiger partial charge is 0.460 e. The number of rotatable bonds is 1. The molecule has 0 heterocycles. The first-order valence-electron chi connectivity index (χ1n) is 2.63. The molecule has 2 N–H and O–H groups in total. The molecular weight excluding hydrogens is 154 g/mol. The second kappa shape index (κ2) is 4.19. The van der Waals surface area contributed by atoms with Gasteiger partial charge in [-0.25, -0.2) is 4.79 Å². The van der Waals surface area contributed by atoms with Gasteiger partial charge in [-0.2, -0.15) is 0 Å². The Balaban J connectivity index is 3.69. The Morgan fingerprint density at radius 1 is 1.70 bits per heavy atom. The molecule has 0 radical (unpaired) electrons. The van der Waals surface area contributed by atoms with Crippen LogP contribution in [0.15, 0.2) is 0 Å². The number of carbonyl (C=O) groups is 1. The minimum atomic E-state index is -0.673. The van der Waals surface area contributed by atoms with E-state index in [4.69, 9.17) is 5.73 Å². The summed E-state index contributed by atoms with van der Waals surface area (Å²) in [5, 5.41) is -0.206. The van der Waals surface area contributed by atoms with Gasteiger partial charge in [-0.05, 0) is 6.92 Å². The Labute approximate surface area is 64.3 Å². The monoisotopic (exact) mass is 163 g/mol. The molecule has 0 aliphatic carbocycles. The van der Waals surface area contributed by atoms with E-state index < -0.39 is 12.0 Å². The summed E-state index contributed by atoms with van der Waals surface area (Å²) in [5.74, 6) is -0.591. The van der Waals surface area contributed by atoms with Gasteiger partial charge in [0.15, 0.2) is 0 Å². The zero-order chi connectivity index (χ0) is 8.15. The zero-order valence-electron chi connectivity index (χ0n) is 5.79. The second-order valence-electron chi connectivity index (χ2n) is 1.66.